The van der Waals surface area contributed by atoms with Crippen molar-refractivity contribution in [2.45, 2.75) is 38.8 Å². The number of anilines is 1. The molecule has 3 atom stereocenters. The number of likely N-dealkylation sites (N-methyl/N-ethyl adjacent to an activating group) is 1. The highest BCUT2D eigenvalue weighted by Crippen LogP contribution is 2.31. The fourth-order valence-corrected chi connectivity index (χ4v) is 3.32. The zero-order valence-electron chi connectivity index (χ0n) is 17.2. The van der Waals surface area contributed by atoms with Crippen LogP contribution < -0.4 is 15.4 Å². The van der Waals surface area contributed by atoms with Gasteiger partial charge in [0.25, 0.3) is 5.91 Å². The molecule has 2 amide bonds. The Morgan fingerprint density at radius 2 is 2.07 bits per heavy atom. The van der Waals surface area contributed by atoms with E-state index in [0.717, 1.165) is 19.4 Å². The largest absolute Gasteiger partial charge is 0.491 e. The fraction of sp³-hybridized carbons (Fsp3) is 0.619. The van der Waals surface area contributed by atoms with E-state index in [4.69, 9.17) is 9.47 Å². The SMILES string of the molecule is CO[C@H]1CN(C)C(=O)c2ccc(NC(=O)C3CC3)cc2OC[C@@H](C)NC[C@@H]1C. The van der Waals surface area contributed by atoms with E-state index < -0.39 is 0 Å². The number of fused-ring (bicyclic) bond motifs is 1. The highest BCUT2D eigenvalue weighted by Gasteiger charge is 2.30. The Morgan fingerprint density at radius 3 is 2.75 bits per heavy atom. The molecule has 0 unspecified atom stereocenters. The summed E-state index contributed by atoms with van der Waals surface area (Å²) in [5.74, 6) is 0.768. The molecule has 1 fully saturated rings. The van der Waals surface area contributed by atoms with Gasteiger partial charge in [0.05, 0.1) is 11.7 Å². The lowest BCUT2D eigenvalue weighted by Gasteiger charge is -2.30. The molecule has 1 aromatic rings. The summed E-state index contributed by atoms with van der Waals surface area (Å²) >= 11 is 0. The van der Waals surface area contributed by atoms with Crippen LogP contribution in [0.15, 0.2) is 18.2 Å². The molecule has 1 heterocycles. The molecular formula is C21H31N3O4. The Morgan fingerprint density at radius 1 is 1.32 bits per heavy atom. The molecule has 1 aromatic carbocycles. The van der Waals surface area contributed by atoms with Crippen LogP contribution in [-0.4, -0.2) is 62.7 Å². The summed E-state index contributed by atoms with van der Waals surface area (Å²) in [5, 5.41) is 6.38. The monoisotopic (exact) mass is 389 g/mol. The van der Waals surface area contributed by atoms with E-state index in [1.165, 1.54) is 0 Å². The Bertz CT molecular complexity index is 720. The van der Waals surface area contributed by atoms with E-state index in [9.17, 15) is 9.59 Å². The predicted octanol–water partition coefficient (Wildman–Crippen LogP) is 2.13. The topological polar surface area (TPSA) is 79.9 Å². The van der Waals surface area contributed by atoms with E-state index in [0.29, 0.717) is 30.2 Å². The molecule has 3 rings (SSSR count). The van der Waals surface area contributed by atoms with Crippen LogP contribution in [0.5, 0.6) is 5.75 Å². The second kappa shape index (κ2) is 8.92. The molecule has 2 N–H and O–H groups in total. The molecule has 1 aliphatic heterocycles. The molecule has 0 aromatic heterocycles. The standard InChI is InChI=1S/C21H31N3O4/c1-13-10-22-14(2)12-28-18-9-16(23-20(25)15-5-6-15)7-8-17(18)21(26)24(3)11-19(13)27-4/h7-9,13-15,19,22H,5-6,10-12H2,1-4H3,(H,23,25)/t13-,14+,19-/m0/s1. The molecule has 7 heteroatoms. The quantitative estimate of drug-likeness (QED) is 0.828. The predicted molar refractivity (Wildman–Crippen MR) is 108 cm³/mol. The van der Waals surface area contributed by atoms with E-state index in [-0.39, 0.29) is 35.8 Å². The van der Waals surface area contributed by atoms with Crippen molar-refractivity contribution in [3.05, 3.63) is 23.8 Å². The molecule has 154 valence electrons. The van der Waals surface area contributed by atoms with Crippen LogP contribution in [0.4, 0.5) is 5.69 Å². The molecule has 0 spiro atoms. The van der Waals surface area contributed by atoms with Gasteiger partial charge in [-0.25, -0.2) is 0 Å². The molecule has 2 aliphatic rings. The number of hydrogen-bond donors (Lipinski definition) is 2. The van der Waals surface area contributed by atoms with Crippen molar-refractivity contribution in [1.29, 1.82) is 0 Å². The maximum Gasteiger partial charge on any atom is 0.257 e. The summed E-state index contributed by atoms with van der Waals surface area (Å²) in [4.78, 5) is 26.8. The second-order valence-corrected chi connectivity index (χ2v) is 8.03. The Kier molecular flexibility index (Phi) is 6.57. The third kappa shape index (κ3) is 5.02. The number of rotatable bonds is 3. The van der Waals surface area contributed by atoms with Gasteiger partial charge in [-0.1, -0.05) is 6.92 Å². The molecule has 1 saturated carbocycles. The number of carbonyl (C=O) groups excluding carboxylic acids is 2. The Labute approximate surface area is 166 Å². The van der Waals surface area contributed by atoms with Crippen LogP contribution in [0.1, 0.15) is 37.0 Å². The third-order valence-corrected chi connectivity index (χ3v) is 5.44. The third-order valence-electron chi connectivity index (χ3n) is 5.44. The van der Waals surface area contributed by atoms with Crippen LogP contribution in [0.3, 0.4) is 0 Å². The number of methoxy groups -OCH3 is 1. The van der Waals surface area contributed by atoms with Gasteiger partial charge in [0, 0.05) is 51.0 Å². The van der Waals surface area contributed by atoms with Gasteiger partial charge in [-0.2, -0.15) is 0 Å². The Balaban J connectivity index is 1.85. The minimum Gasteiger partial charge on any atom is -0.491 e. The maximum absolute atomic E-state index is 13.0. The van der Waals surface area contributed by atoms with Crippen molar-refractivity contribution in [2.75, 3.05) is 39.2 Å². The van der Waals surface area contributed by atoms with E-state index in [2.05, 4.69) is 17.6 Å². The Hall–Kier alpha value is -2.12. The van der Waals surface area contributed by atoms with Gasteiger partial charge in [0.15, 0.2) is 0 Å². The molecule has 28 heavy (non-hydrogen) atoms. The van der Waals surface area contributed by atoms with E-state index >= 15 is 0 Å². The number of carbonyl (C=O) groups is 2. The zero-order chi connectivity index (χ0) is 20.3. The first-order chi connectivity index (χ1) is 13.4. The number of nitrogens with zero attached hydrogens (tertiary/aromatic N) is 1. The van der Waals surface area contributed by atoms with Crippen molar-refractivity contribution < 1.29 is 19.1 Å². The summed E-state index contributed by atoms with van der Waals surface area (Å²) in [6, 6.07) is 5.35. The van der Waals surface area contributed by atoms with Gasteiger partial charge >= 0.3 is 0 Å². The summed E-state index contributed by atoms with van der Waals surface area (Å²) < 4.78 is 11.6. The number of amides is 2. The minimum absolute atomic E-state index is 0.0310. The van der Waals surface area contributed by atoms with Crippen LogP contribution >= 0.6 is 0 Å². The van der Waals surface area contributed by atoms with Crippen LogP contribution in [0.25, 0.3) is 0 Å². The van der Waals surface area contributed by atoms with Gasteiger partial charge in [-0.05, 0) is 37.8 Å². The molecule has 7 nitrogen and oxygen atoms in total. The van der Waals surface area contributed by atoms with Gasteiger partial charge in [0.1, 0.15) is 12.4 Å². The molecule has 0 radical (unpaired) electrons. The highest BCUT2D eigenvalue weighted by atomic mass is 16.5. The van der Waals surface area contributed by atoms with Gasteiger partial charge in [-0.15, -0.1) is 0 Å². The first-order valence-electron chi connectivity index (χ1n) is 9.98. The fourth-order valence-electron chi connectivity index (χ4n) is 3.32. The van der Waals surface area contributed by atoms with Crippen molar-refractivity contribution in [3.8, 4) is 5.75 Å². The second-order valence-electron chi connectivity index (χ2n) is 8.03. The van der Waals surface area contributed by atoms with Crippen molar-refractivity contribution in [1.82, 2.24) is 10.2 Å². The molecular weight excluding hydrogens is 358 g/mol. The maximum atomic E-state index is 13.0. The van der Waals surface area contributed by atoms with E-state index in [1.54, 1.807) is 37.3 Å². The average Bonchev–Trinajstić information content (AvgIpc) is 3.52. The van der Waals surface area contributed by atoms with Gasteiger partial charge < -0.3 is 25.0 Å². The minimum atomic E-state index is -0.120. The number of ether oxygens (including phenoxy) is 2. The first kappa shape index (κ1) is 20.6. The summed E-state index contributed by atoms with van der Waals surface area (Å²) in [5.41, 5.74) is 1.14. The smallest absolute Gasteiger partial charge is 0.257 e. The lowest BCUT2D eigenvalue weighted by molar-refractivity contribution is -0.117. The lowest BCUT2D eigenvalue weighted by Crippen LogP contribution is -2.44. The van der Waals surface area contributed by atoms with Crippen LogP contribution in [0.2, 0.25) is 0 Å². The van der Waals surface area contributed by atoms with Crippen molar-refractivity contribution >= 4 is 17.5 Å². The molecule has 1 aliphatic carbocycles. The lowest BCUT2D eigenvalue weighted by atomic mass is 10.0. The molecule has 0 bridgehead atoms. The number of benzene rings is 1. The van der Waals surface area contributed by atoms with Crippen molar-refractivity contribution in [2.24, 2.45) is 11.8 Å². The summed E-state index contributed by atoms with van der Waals surface area (Å²) in [6.07, 6.45) is 1.83. The number of hydrogen-bond acceptors (Lipinski definition) is 5. The zero-order valence-corrected chi connectivity index (χ0v) is 17.2. The van der Waals surface area contributed by atoms with E-state index in [1.807, 2.05) is 6.92 Å². The van der Waals surface area contributed by atoms with Crippen molar-refractivity contribution in [3.63, 3.8) is 0 Å². The summed E-state index contributed by atoms with van der Waals surface area (Å²) in [7, 11) is 3.45. The van der Waals surface area contributed by atoms with Gasteiger partial charge in [-0.3, -0.25) is 9.59 Å². The van der Waals surface area contributed by atoms with Crippen LogP contribution in [-0.2, 0) is 9.53 Å². The average molecular weight is 389 g/mol. The van der Waals surface area contributed by atoms with Crippen LogP contribution in [0, 0.1) is 11.8 Å². The highest BCUT2D eigenvalue weighted by molar-refractivity contribution is 5.99. The van der Waals surface area contributed by atoms with Gasteiger partial charge in [0.2, 0.25) is 5.91 Å². The number of nitrogens with one attached hydrogen (secondary N) is 2. The first-order valence-corrected chi connectivity index (χ1v) is 9.98. The normalized spacial score (nSPS) is 26.5. The molecule has 0 saturated heterocycles. The summed E-state index contributed by atoms with van der Waals surface area (Å²) in [6.45, 7) is 5.85.